The van der Waals surface area contributed by atoms with Gasteiger partial charge in [0, 0.05) is 0 Å². The zero-order valence-electron chi connectivity index (χ0n) is 18.0. The normalized spacial score (nSPS) is 13.1. The third-order valence-corrected chi connectivity index (χ3v) is 4.78. The molecule has 0 heterocycles. The van der Waals surface area contributed by atoms with Crippen molar-refractivity contribution in [2.75, 3.05) is 6.61 Å². The number of hydrogen-bond donors (Lipinski definition) is 1. The Bertz CT molecular complexity index is 1100. The van der Waals surface area contributed by atoms with Crippen molar-refractivity contribution < 1.29 is 38.5 Å². The van der Waals surface area contributed by atoms with Crippen LogP contribution in [-0.2, 0) is 19.0 Å². The first kappa shape index (κ1) is 24.3. The van der Waals surface area contributed by atoms with Crippen molar-refractivity contribution in [3.63, 3.8) is 0 Å². The van der Waals surface area contributed by atoms with Gasteiger partial charge in [-0.25, -0.2) is 14.4 Å². The smallest absolute Gasteiger partial charge is 0.338 e. The van der Waals surface area contributed by atoms with E-state index in [-0.39, 0.29) is 23.0 Å². The molecule has 0 spiro atoms. The van der Waals surface area contributed by atoms with E-state index < -0.39 is 42.8 Å². The predicted octanol–water partition coefficient (Wildman–Crippen LogP) is 2.85. The number of aldehydes is 1. The molecule has 0 aliphatic carbocycles. The highest BCUT2D eigenvalue weighted by molar-refractivity contribution is 5.92. The van der Waals surface area contributed by atoms with E-state index in [1.54, 1.807) is 54.6 Å². The minimum Gasteiger partial charge on any atom is -0.452 e. The quantitative estimate of drug-likeness (QED) is 0.278. The summed E-state index contributed by atoms with van der Waals surface area (Å²) >= 11 is 0. The molecule has 1 N–H and O–H groups in total. The fourth-order valence-electron chi connectivity index (χ4n) is 3.05. The number of carbonyl (C=O) groups excluding carboxylic acids is 4. The molecule has 0 amide bonds. The van der Waals surface area contributed by atoms with E-state index in [0.29, 0.717) is 0 Å². The lowest BCUT2D eigenvalue weighted by Gasteiger charge is -2.29. The topological polar surface area (TPSA) is 116 Å². The highest BCUT2D eigenvalue weighted by Crippen LogP contribution is 2.18. The molecule has 34 heavy (non-hydrogen) atoms. The molecule has 3 atom stereocenters. The Labute approximate surface area is 195 Å². The molecule has 8 heteroatoms. The van der Waals surface area contributed by atoms with Gasteiger partial charge in [-0.3, -0.25) is 4.79 Å². The highest BCUT2D eigenvalue weighted by atomic mass is 16.6. The maximum Gasteiger partial charge on any atom is 0.338 e. The molecule has 3 aromatic carbocycles. The number of rotatable bonds is 10. The maximum atomic E-state index is 12.7. The van der Waals surface area contributed by atoms with Crippen molar-refractivity contribution in [1.82, 2.24) is 0 Å². The Hall–Kier alpha value is -4.30. The van der Waals surface area contributed by atoms with Crippen LogP contribution < -0.4 is 0 Å². The number of hydrogen-bond acceptors (Lipinski definition) is 8. The standard InChI is InChI=1S/C26H22O8/c27-16-21(32-24(29)18-10-4-1-5-11-18)23(34-26(31)20-14-8-3-9-15-20)22(17-28)33-25(30)19-12-6-2-7-13-19/h1-16,21-23,28H,17H2/t21-,22+,23+/m0/s1. The Morgan fingerprint density at radius 3 is 1.41 bits per heavy atom. The van der Waals surface area contributed by atoms with Crippen LogP contribution in [0, 0.1) is 0 Å². The first-order valence-electron chi connectivity index (χ1n) is 10.4. The predicted molar refractivity (Wildman–Crippen MR) is 120 cm³/mol. The molecule has 0 saturated heterocycles. The van der Waals surface area contributed by atoms with E-state index in [4.69, 9.17) is 14.2 Å². The Morgan fingerprint density at radius 1 is 0.647 bits per heavy atom. The van der Waals surface area contributed by atoms with Crippen LogP contribution in [0.25, 0.3) is 0 Å². The van der Waals surface area contributed by atoms with Crippen LogP contribution in [0.4, 0.5) is 0 Å². The van der Waals surface area contributed by atoms with Crippen molar-refractivity contribution >= 4 is 24.2 Å². The van der Waals surface area contributed by atoms with Gasteiger partial charge < -0.3 is 19.3 Å². The minimum atomic E-state index is -1.67. The number of aliphatic hydroxyl groups is 1. The van der Waals surface area contributed by atoms with Gasteiger partial charge in [0.1, 0.15) is 0 Å². The molecule has 0 fully saturated rings. The average Bonchev–Trinajstić information content (AvgIpc) is 2.90. The Morgan fingerprint density at radius 2 is 1.03 bits per heavy atom. The van der Waals surface area contributed by atoms with Gasteiger partial charge in [0.25, 0.3) is 0 Å². The van der Waals surface area contributed by atoms with Crippen molar-refractivity contribution in [2.45, 2.75) is 18.3 Å². The highest BCUT2D eigenvalue weighted by Gasteiger charge is 2.38. The van der Waals surface area contributed by atoms with E-state index in [1.165, 1.54) is 36.4 Å². The lowest BCUT2D eigenvalue weighted by Crippen LogP contribution is -2.48. The van der Waals surface area contributed by atoms with Gasteiger partial charge >= 0.3 is 17.9 Å². The second-order valence-corrected chi connectivity index (χ2v) is 7.10. The molecule has 0 aliphatic heterocycles. The van der Waals surface area contributed by atoms with E-state index in [2.05, 4.69) is 0 Å². The Balaban J connectivity index is 1.87. The van der Waals surface area contributed by atoms with E-state index >= 15 is 0 Å². The zero-order valence-corrected chi connectivity index (χ0v) is 18.0. The minimum absolute atomic E-state index is 0.151. The third kappa shape index (κ3) is 6.36. The van der Waals surface area contributed by atoms with Crippen LogP contribution in [0.3, 0.4) is 0 Å². The van der Waals surface area contributed by atoms with Gasteiger partial charge in [-0.15, -0.1) is 0 Å². The lowest BCUT2D eigenvalue weighted by atomic mass is 10.1. The van der Waals surface area contributed by atoms with Crippen LogP contribution in [0.2, 0.25) is 0 Å². The molecular formula is C26H22O8. The SMILES string of the molecule is O=C[C@H](OC(=O)c1ccccc1)[C@@H](OC(=O)c1ccccc1)[C@@H](CO)OC(=O)c1ccccc1. The van der Waals surface area contributed by atoms with E-state index in [0.717, 1.165) is 0 Å². The monoisotopic (exact) mass is 462 g/mol. The van der Waals surface area contributed by atoms with Crippen LogP contribution in [0.15, 0.2) is 91.0 Å². The molecule has 0 unspecified atom stereocenters. The summed E-state index contributed by atoms with van der Waals surface area (Å²) in [7, 11) is 0. The molecular weight excluding hydrogens is 440 g/mol. The summed E-state index contributed by atoms with van der Waals surface area (Å²) < 4.78 is 16.0. The first-order chi connectivity index (χ1) is 16.5. The summed E-state index contributed by atoms with van der Waals surface area (Å²) in [6.07, 6.45) is -4.53. The van der Waals surface area contributed by atoms with E-state index in [9.17, 15) is 24.3 Å². The van der Waals surface area contributed by atoms with Gasteiger partial charge in [-0.2, -0.15) is 0 Å². The molecule has 174 valence electrons. The van der Waals surface area contributed by atoms with Gasteiger partial charge in [-0.1, -0.05) is 54.6 Å². The van der Waals surface area contributed by atoms with Crippen molar-refractivity contribution in [3.05, 3.63) is 108 Å². The third-order valence-electron chi connectivity index (χ3n) is 4.78. The van der Waals surface area contributed by atoms with Crippen molar-refractivity contribution in [3.8, 4) is 0 Å². The van der Waals surface area contributed by atoms with Gasteiger partial charge in [0.2, 0.25) is 0 Å². The molecule has 3 rings (SSSR count). The molecule has 0 aromatic heterocycles. The molecule has 0 saturated carbocycles. The first-order valence-corrected chi connectivity index (χ1v) is 10.4. The number of aliphatic hydroxyl groups excluding tert-OH is 1. The molecule has 0 aliphatic rings. The zero-order chi connectivity index (χ0) is 24.3. The largest absolute Gasteiger partial charge is 0.452 e. The molecule has 8 nitrogen and oxygen atoms in total. The Kier molecular flexibility index (Phi) is 8.65. The maximum absolute atomic E-state index is 12.7. The molecule has 0 bridgehead atoms. The summed E-state index contributed by atoms with van der Waals surface area (Å²) in [5.41, 5.74) is 0.486. The van der Waals surface area contributed by atoms with Crippen molar-refractivity contribution in [2.24, 2.45) is 0 Å². The number of carbonyl (C=O) groups is 4. The van der Waals surface area contributed by atoms with Crippen LogP contribution in [-0.4, -0.2) is 54.2 Å². The molecule has 0 radical (unpaired) electrons. The molecule has 3 aromatic rings. The average molecular weight is 462 g/mol. The second kappa shape index (κ2) is 12.1. The summed E-state index contributed by atoms with van der Waals surface area (Å²) in [6.45, 7) is -0.807. The van der Waals surface area contributed by atoms with Gasteiger partial charge in [0.15, 0.2) is 24.6 Å². The number of ether oxygens (including phenoxy) is 3. The summed E-state index contributed by atoms with van der Waals surface area (Å²) in [5, 5.41) is 9.95. The second-order valence-electron chi connectivity index (χ2n) is 7.10. The van der Waals surface area contributed by atoms with Crippen LogP contribution >= 0.6 is 0 Å². The number of benzene rings is 3. The van der Waals surface area contributed by atoms with Crippen molar-refractivity contribution in [1.29, 1.82) is 0 Å². The summed E-state index contributed by atoms with van der Waals surface area (Å²) in [4.78, 5) is 49.7. The summed E-state index contributed by atoms with van der Waals surface area (Å²) in [6, 6.07) is 23.7. The van der Waals surface area contributed by atoms with Crippen LogP contribution in [0.5, 0.6) is 0 Å². The van der Waals surface area contributed by atoms with Gasteiger partial charge in [0.05, 0.1) is 23.3 Å². The summed E-state index contributed by atoms with van der Waals surface area (Å²) in [5.74, 6) is -2.54. The lowest BCUT2D eigenvalue weighted by molar-refractivity contribution is -0.131. The van der Waals surface area contributed by atoms with E-state index in [1.807, 2.05) is 0 Å². The van der Waals surface area contributed by atoms with Crippen LogP contribution in [0.1, 0.15) is 31.1 Å². The number of esters is 3. The fraction of sp³-hybridized carbons (Fsp3) is 0.154. The van der Waals surface area contributed by atoms with Gasteiger partial charge in [-0.05, 0) is 36.4 Å². The fourth-order valence-corrected chi connectivity index (χ4v) is 3.05.